The van der Waals surface area contributed by atoms with Gasteiger partial charge in [-0.1, -0.05) is 36.9 Å². The maximum absolute atomic E-state index is 13.2. The van der Waals surface area contributed by atoms with Crippen LogP contribution in [0.15, 0.2) is 51.6 Å². The zero-order chi connectivity index (χ0) is 25.1. The number of para-hydroxylation sites is 1. The third-order valence-corrected chi connectivity index (χ3v) is 7.36. The SMILES string of the molecule is CCC1=C(C(=O)OC)C(c2ccccc2OC)N2C(CC(=O)N3CCN(C(C)=O)CC3)=CSC2=N1. The smallest absolute Gasteiger partial charge is 0.338 e. The highest BCUT2D eigenvalue weighted by Gasteiger charge is 2.43. The fourth-order valence-corrected chi connectivity index (χ4v) is 5.57. The molecule has 0 spiro atoms. The minimum absolute atomic E-state index is 0.0228. The Hall–Kier alpha value is -3.27. The van der Waals surface area contributed by atoms with E-state index >= 15 is 0 Å². The van der Waals surface area contributed by atoms with Crippen LogP contribution in [0.25, 0.3) is 0 Å². The first kappa shape index (κ1) is 24.8. The Kier molecular flexibility index (Phi) is 7.49. The van der Waals surface area contributed by atoms with Gasteiger partial charge in [0.2, 0.25) is 11.8 Å². The van der Waals surface area contributed by atoms with E-state index in [1.54, 1.807) is 23.8 Å². The number of rotatable bonds is 6. The Balaban J connectivity index is 1.67. The van der Waals surface area contributed by atoms with Gasteiger partial charge < -0.3 is 24.2 Å². The van der Waals surface area contributed by atoms with Crippen molar-refractivity contribution in [1.82, 2.24) is 14.7 Å². The van der Waals surface area contributed by atoms with Crippen molar-refractivity contribution in [3.05, 3.63) is 52.2 Å². The number of carbonyl (C=O) groups is 3. The number of carbonyl (C=O) groups excluding carboxylic acids is 3. The van der Waals surface area contributed by atoms with Gasteiger partial charge in [-0.25, -0.2) is 9.79 Å². The lowest BCUT2D eigenvalue weighted by Crippen LogP contribution is -2.50. The normalized spacial score (nSPS) is 19.8. The van der Waals surface area contributed by atoms with Crippen molar-refractivity contribution in [2.45, 2.75) is 32.7 Å². The number of aliphatic imine (C=N–C) groups is 1. The molecule has 1 unspecified atom stereocenters. The van der Waals surface area contributed by atoms with E-state index in [4.69, 9.17) is 14.5 Å². The molecule has 186 valence electrons. The van der Waals surface area contributed by atoms with Crippen LogP contribution in [-0.4, -0.2) is 78.0 Å². The first-order valence-electron chi connectivity index (χ1n) is 11.6. The van der Waals surface area contributed by atoms with Crippen LogP contribution >= 0.6 is 11.8 Å². The molecule has 3 heterocycles. The monoisotopic (exact) mass is 498 g/mol. The summed E-state index contributed by atoms with van der Waals surface area (Å²) >= 11 is 1.44. The topological polar surface area (TPSA) is 91.8 Å². The minimum atomic E-state index is -0.537. The van der Waals surface area contributed by atoms with Crippen LogP contribution in [0.2, 0.25) is 0 Å². The van der Waals surface area contributed by atoms with E-state index < -0.39 is 12.0 Å². The molecule has 1 aromatic rings. The Morgan fingerprint density at radius 3 is 2.40 bits per heavy atom. The third kappa shape index (κ3) is 4.80. The van der Waals surface area contributed by atoms with Crippen molar-refractivity contribution in [1.29, 1.82) is 0 Å². The van der Waals surface area contributed by atoms with Crippen molar-refractivity contribution in [2.75, 3.05) is 40.4 Å². The number of ether oxygens (including phenoxy) is 2. The quantitative estimate of drug-likeness (QED) is 0.557. The molecule has 1 fully saturated rings. The Bertz CT molecular complexity index is 1120. The van der Waals surface area contributed by atoms with Crippen LogP contribution < -0.4 is 4.74 Å². The highest BCUT2D eigenvalue weighted by molar-refractivity contribution is 8.16. The molecule has 10 heteroatoms. The van der Waals surface area contributed by atoms with Gasteiger partial charge in [-0.15, -0.1) is 0 Å². The number of thioether (sulfide) groups is 1. The Morgan fingerprint density at radius 2 is 1.77 bits per heavy atom. The number of esters is 1. The molecule has 3 aliphatic rings. The number of hydrogen-bond acceptors (Lipinski definition) is 8. The number of benzene rings is 1. The van der Waals surface area contributed by atoms with Crippen molar-refractivity contribution in [2.24, 2.45) is 4.99 Å². The standard InChI is InChI=1S/C25H30N4O5S/c1-5-19-22(24(32)34-4)23(18-8-6-7-9-20(18)33-3)29-17(15-35-25(29)26-19)14-21(31)28-12-10-27(11-13-28)16(2)30/h6-9,15,23H,5,10-14H2,1-4H3. The van der Waals surface area contributed by atoms with Gasteiger partial charge in [-0.05, 0) is 17.9 Å². The van der Waals surface area contributed by atoms with Gasteiger partial charge in [-0.2, -0.15) is 0 Å². The molecule has 2 amide bonds. The van der Waals surface area contributed by atoms with E-state index in [9.17, 15) is 14.4 Å². The van der Waals surface area contributed by atoms with Crippen molar-refractivity contribution >= 4 is 34.7 Å². The summed E-state index contributed by atoms with van der Waals surface area (Å²) in [7, 11) is 2.96. The van der Waals surface area contributed by atoms with Gasteiger partial charge in [0.25, 0.3) is 0 Å². The number of allylic oxidation sites excluding steroid dienone is 1. The molecule has 0 N–H and O–H groups in total. The van der Waals surface area contributed by atoms with Crippen LogP contribution in [0, 0.1) is 0 Å². The van der Waals surface area contributed by atoms with E-state index in [0.29, 0.717) is 49.6 Å². The van der Waals surface area contributed by atoms with E-state index in [1.165, 1.54) is 18.9 Å². The van der Waals surface area contributed by atoms with Crippen molar-refractivity contribution in [3.8, 4) is 5.75 Å². The van der Waals surface area contributed by atoms with E-state index in [-0.39, 0.29) is 18.2 Å². The maximum atomic E-state index is 13.2. The molecule has 4 rings (SSSR count). The Labute approximate surface area is 209 Å². The lowest BCUT2D eigenvalue weighted by molar-refractivity contribution is -0.138. The average molecular weight is 499 g/mol. The summed E-state index contributed by atoms with van der Waals surface area (Å²) in [5.41, 5.74) is 2.66. The van der Waals surface area contributed by atoms with Crippen LogP contribution in [0.1, 0.15) is 38.3 Å². The fraction of sp³-hybridized carbons (Fsp3) is 0.440. The number of nitrogens with zero attached hydrogens (tertiary/aromatic N) is 4. The lowest BCUT2D eigenvalue weighted by atomic mass is 9.92. The van der Waals surface area contributed by atoms with Crippen molar-refractivity contribution < 1.29 is 23.9 Å². The number of piperazine rings is 1. The van der Waals surface area contributed by atoms with Crippen molar-refractivity contribution in [3.63, 3.8) is 0 Å². The second kappa shape index (κ2) is 10.6. The second-order valence-corrected chi connectivity index (χ2v) is 9.24. The van der Waals surface area contributed by atoms with Crippen LogP contribution in [0.4, 0.5) is 0 Å². The van der Waals surface area contributed by atoms with Gasteiger partial charge in [-0.3, -0.25) is 9.59 Å². The molecule has 3 aliphatic heterocycles. The number of methoxy groups -OCH3 is 2. The number of amides is 2. The number of hydrogen-bond donors (Lipinski definition) is 0. The highest BCUT2D eigenvalue weighted by atomic mass is 32.2. The number of amidine groups is 1. The van der Waals surface area contributed by atoms with Crippen LogP contribution in [0.3, 0.4) is 0 Å². The molecule has 1 atom stereocenters. The molecular formula is C25H30N4O5S. The van der Waals surface area contributed by atoms with Gasteiger partial charge in [0.15, 0.2) is 5.17 Å². The molecule has 0 bridgehead atoms. The van der Waals surface area contributed by atoms with E-state index in [0.717, 1.165) is 16.4 Å². The minimum Gasteiger partial charge on any atom is -0.496 e. The molecule has 0 aliphatic carbocycles. The van der Waals surface area contributed by atoms with Gasteiger partial charge in [0.1, 0.15) is 5.75 Å². The predicted molar refractivity (Wildman–Crippen MR) is 133 cm³/mol. The molecular weight excluding hydrogens is 468 g/mol. The molecule has 0 saturated carbocycles. The summed E-state index contributed by atoms with van der Waals surface area (Å²) in [4.78, 5) is 48.2. The Morgan fingerprint density at radius 1 is 1.09 bits per heavy atom. The molecule has 1 saturated heterocycles. The summed E-state index contributed by atoms with van der Waals surface area (Å²) in [6.07, 6.45) is 0.719. The van der Waals surface area contributed by atoms with Crippen LogP contribution in [-0.2, 0) is 19.1 Å². The molecule has 0 aromatic heterocycles. The summed E-state index contributed by atoms with van der Waals surface area (Å²) in [5.74, 6) is 0.182. The summed E-state index contributed by atoms with van der Waals surface area (Å²) in [5, 5.41) is 2.65. The predicted octanol–water partition coefficient (Wildman–Crippen LogP) is 2.91. The molecule has 35 heavy (non-hydrogen) atoms. The third-order valence-electron chi connectivity index (χ3n) is 6.47. The number of fused-ring (bicyclic) bond motifs is 1. The van der Waals surface area contributed by atoms with E-state index in [2.05, 4.69) is 0 Å². The zero-order valence-electron chi connectivity index (χ0n) is 20.4. The second-order valence-electron chi connectivity index (χ2n) is 8.41. The highest BCUT2D eigenvalue weighted by Crippen LogP contribution is 2.47. The lowest BCUT2D eigenvalue weighted by Gasteiger charge is -2.38. The maximum Gasteiger partial charge on any atom is 0.338 e. The summed E-state index contributed by atoms with van der Waals surface area (Å²) in [6, 6.07) is 7.02. The fourth-order valence-electron chi connectivity index (χ4n) is 4.64. The van der Waals surface area contributed by atoms with Gasteiger partial charge >= 0.3 is 5.97 Å². The van der Waals surface area contributed by atoms with Gasteiger partial charge in [0.05, 0.1) is 38.0 Å². The first-order chi connectivity index (χ1) is 16.9. The first-order valence-corrected chi connectivity index (χ1v) is 12.5. The summed E-state index contributed by atoms with van der Waals surface area (Å²) < 4.78 is 10.8. The van der Waals surface area contributed by atoms with E-state index in [1.807, 2.05) is 41.5 Å². The molecule has 1 aromatic carbocycles. The summed E-state index contributed by atoms with van der Waals surface area (Å²) in [6.45, 7) is 5.57. The van der Waals surface area contributed by atoms with Gasteiger partial charge in [0, 0.05) is 44.4 Å². The zero-order valence-corrected chi connectivity index (χ0v) is 21.3. The molecule has 0 radical (unpaired) electrons. The van der Waals surface area contributed by atoms with Crippen LogP contribution in [0.5, 0.6) is 5.75 Å². The average Bonchev–Trinajstić information content (AvgIpc) is 3.29. The largest absolute Gasteiger partial charge is 0.496 e. The molecule has 9 nitrogen and oxygen atoms in total.